The van der Waals surface area contributed by atoms with Crippen LogP contribution in [0.25, 0.3) is 10.9 Å². The van der Waals surface area contributed by atoms with Crippen molar-refractivity contribution in [2.75, 3.05) is 5.32 Å². The largest absolute Gasteiger partial charge is 0.382 e. The maximum atomic E-state index is 11.1. The number of rotatable bonds is 6. The molecule has 1 saturated carbocycles. The summed E-state index contributed by atoms with van der Waals surface area (Å²) in [5, 5.41) is 15.5. The van der Waals surface area contributed by atoms with Gasteiger partial charge in [0.15, 0.2) is 0 Å². The van der Waals surface area contributed by atoms with Crippen LogP contribution in [0.1, 0.15) is 32.6 Å². The van der Waals surface area contributed by atoms with Gasteiger partial charge in [-0.15, -0.1) is 0 Å². The summed E-state index contributed by atoms with van der Waals surface area (Å²) >= 11 is 0. The number of hydrogen-bond donors (Lipinski definition) is 1. The predicted octanol–water partition coefficient (Wildman–Crippen LogP) is 4.13. The molecule has 3 rings (SSSR count). The van der Waals surface area contributed by atoms with E-state index in [1.165, 1.54) is 25.3 Å². The fourth-order valence-electron chi connectivity index (χ4n) is 2.74. The van der Waals surface area contributed by atoms with E-state index in [0.717, 1.165) is 23.4 Å². The van der Waals surface area contributed by atoms with Gasteiger partial charge in [0.2, 0.25) is 0 Å². The Kier molecular flexibility index (Phi) is 3.73. The van der Waals surface area contributed by atoms with Crippen molar-refractivity contribution in [2.45, 2.75) is 38.6 Å². The molecular formula is C16H19N3O2. The quantitative estimate of drug-likeness (QED) is 0.640. The lowest BCUT2D eigenvalue weighted by molar-refractivity contribution is -0.383. The van der Waals surface area contributed by atoms with Gasteiger partial charge < -0.3 is 5.32 Å². The summed E-state index contributed by atoms with van der Waals surface area (Å²) in [6, 6.07) is 7.43. The lowest BCUT2D eigenvalue weighted by atomic mass is 10.1. The van der Waals surface area contributed by atoms with Crippen LogP contribution in [0, 0.1) is 16.0 Å². The van der Waals surface area contributed by atoms with Gasteiger partial charge >= 0.3 is 0 Å². The fraction of sp³-hybridized carbons (Fsp3) is 0.438. The summed E-state index contributed by atoms with van der Waals surface area (Å²) in [5.41, 5.74) is 1.45. The molecule has 1 N–H and O–H groups in total. The maximum Gasteiger partial charge on any atom is 0.295 e. The Morgan fingerprint density at radius 1 is 1.43 bits per heavy atom. The van der Waals surface area contributed by atoms with E-state index >= 15 is 0 Å². The molecule has 0 bridgehead atoms. The molecule has 0 radical (unpaired) electrons. The van der Waals surface area contributed by atoms with E-state index in [9.17, 15) is 10.1 Å². The molecule has 5 heteroatoms. The highest BCUT2D eigenvalue weighted by Crippen LogP contribution is 2.36. The van der Waals surface area contributed by atoms with Crippen LogP contribution >= 0.6 is 0 Å². The van der Waals surface area contributed by atoms with Crippen molar-refractivity contribution in [1.29, 1.82) is 0 Å². The van der Waals surface area contributed by atoms with Crippen LogP contribution in [0.5, 0.6) is 0 Å². The predicted molar refractivity (Wildman–Crippen MR) is 83.4 cm³/mol. The molecule has 0 saturated heterocycles. The zero-order chi connectivity index (χ0) is 14.8. The number of hydrogen-bond acceptors (Lipinski definition) is 4. The molecule has 21 heavy (non-hydrogen) atoms. The second-order valence-corrected chi connectivity index (χ2v) is 5.72. The number of nitrogens with zero attached hydrogens (tertiary/aromatic N) is 2. The summed E-state index contributed by atoms with van der Waals surface area (Å²) in [4.78, 5) is 14.9. The van der Waals surface area contributed by atoms with Crippen molar-refractivity contribution in [3.05, 3.63) is 40.6 Å². The van der Waals surface area contributed by atoms with Crippen LogP contribution in [0.15, 0.2) is 30.5 Å². The van der Waals surface area contributed by atoms with E-state index in [-0.39, 0.29) is 10.6 Å². The van der Waals surface area contributed by atoms with Gasteiger partial charge in [-0.05, 0) is 24.8 Å². The molecule has 1 aliphatic carbocycles. The van der Waals surface area contributed by atoms with E-state index in [1.54, 1.807) is 12.3 Å². The lowest BCUT2D eigenvalue weighted by Crippen LogP contribution is -2.19. The Morgan fingerprint density at radius 2 is 2.24 bits per heavy atom. The maximum absolute atomic E-state index is 11.1. The zero-order valence-electron chi connectivity index (χ0n) is 12.1. The summed E-state index contributed by atoms with van der Waals surface area (Å²) in [6.07, 6.45) is 6.54. The van der Waals surface area contributed by atoms with E-state index in [0.29, 0.717) is 11.6 Å². The first-order valence-electron chi connectivity index (χ1n) is 7.47. The summed E-state index contributed by atoms with van der Waals surface area (Å²) in [7, 11) is 0. The van der Waals surface area contributed by atoms with Crippen LogP contribution in [-0.4, -0.2) is 15.9 Å². The van der Waals surface area contributed by atoms with Crippen molar-refractivity contribution >= 4 is 22.3 Å². The number of benzene rings is 1. The Morgan fingerprint density at radius 3 is 2.90 bits per heavy atom. The van der Waals surface area contributed by atoms with Crippen LogP contribution in [0.2, 0.25) is 0 Å². The lowest BCUT2D eigenvalue weighted by Gasteiger charge is -2.19. The molecule has 1 aromatic carbocycles. The van der Waals surface area contributed by atoms with E-state index < -0.39 is 0 Å². The number of aromatic nitrogens is 1. The fourth-order valence-corrected chi connectivity index (χ4v) is 2.74. The highest BCUT2D eigenvalue weighted by Gasteiger charge is 2.25. The molecule has 5 nitrogen and oxygen atoms in total. The normalized spacial score (nSPS) is 15.9. The smallest absolute Gasteiger partial charge is 0.295 e. The highest BCUT2D eigenvalue weighted by molar-refractivity contribution is 5.96. The van der Waals surface area contributed by atoms with Crippen LogP contribution < -0.4 is 5.32 Å². The third-order valence-corrected chi connectivity index (χ3v) is 4.11. The monoisotopic (exact) mass is 285 g/mol. The van der Waals surface area contributed by atoms with Crippen LogP contribution in [0.3, 0.4) is 0 Å². The zero-order valence-corrected chi connectivity index (χ0v) is 12.1. The molecule has 0 amide bonds. The van der Waals surface area contributed by atoms with Crippen molar-refractivity contribution in [3.63, 3.8) is 0 Å². The Bertz CT molecular complexity index is 668. The topological polar surface area (TPSA) is 68.1 Å². The number of para-hydroxylation sites is 1. The second-order valence-electron chi connectivity index (χ2n) is 5.72. The molecule has 110 valence electrons. The first-order valence-corrected chi connectivity index (χ1v) is 7.47. The van der Waals surface area contributed by atoms with Crippen molar-refractivity contribution in [2.24, 2.45) is 5.92 Å². The number of nitro groups is 1. The number of fused-ring (bicyclic) bond motifs is 1. The van der Waals surface area contributed by atoms with E-state index in [2.05, 4.69) is 17.2 Å². The minimum absolute atomic E-state index is 0.0615. The van der Waals surface area contributed by atoms with Gasteiger partial charge in [-0.25, -0.2) is 4.98 Å². The number of anilines is 1. The van der Waals surface area contributed by atoms with Crippen molar-refractivity contribution < 1.29 is 4.92 Å². The number of pyridine rings is 1. The van der Waals surface area contributed by atoms with Crippen LogP contribution in [0.4, 0.5) is 11.4 Å². The molecule has 2 aromatic rings. The van der Waals surface area contributed by atoms with Gasteiger partial charge in [-0.2, -0.15) is 0 Å². The van der Waals surface area contributed by atoms with E-state index in [1.807, 2.05) is 12.1 Å². The molecular weight excluding hydrogens is 266 g/mol. The molecule has 1 fully saturated rings. The molecule has 1 atom stereocenters. The van der Waals surface area contributed by atoms with Gasteiger partial charge in [0.1, 0.15) is 5.52 Å². The van der Waals surface area contributed by atoms with Crippen LogP contribution in [-0.2, 0) is 0 Å². The summed E-state index contributed by atoms with van der Waals surface area (Å²) < 4.78 is 0. The standard InChI is InChI=1S/C16H19N3O2/c1-2-12(10-11-6-7-11)18-14-8-9-17-16-13(14)4-3-5-15(16)19(20)21/h3-5,8-9,11-12H,2,6-7,10H2,1H3,(H,17,18). The summed E-state index contributed by atoms with van der Waals surface area (Å²) in [5.74, 6) is 0.852. The van der Waals surface area contributed by atoms with Gasteiger partial charge in [0.05, 0.1) is 4.92 Å². The Hall–Kier alpha value is -2.17. The molecule has 0 spiro atoms. The van der Waals surface area contributed by atoms with Gasteiger partial charge in [0, 0.05) is 29.4 Å². The minimum Gasteiger partial charge on any atom is -0.382 e. The van der Waals surface area contributed by atoms with Gasteiger partial charge in [0.25, 0.3) is 5.69 Å². The average molecular weight is 285 g/mol. The summed E-state index contributed by atoms with van der Waals surface area (Å²) in [6.45, 7) is 2.17. The number of non-ortho nitro benzene ring substituents is 1. The van der Waals surface area contributed by atoms with Gasteiger partial charge in [-0.1, -0.05) is 31.9 Å². The van der Waals surface area contributed by atoms with Crippen molar-refractivity contribution in [1.82, 2.24) is 4.98 Å². The third-order valence-electron chi connectivity index (χ3n) is 4.11. The molecule has 1 aromatic heterocycles. The molecule has 1 heterocycles. The molecule has 1 aliphatic rings. The Labute approximate surface area is 123 Å². The number of nitrogens with one attached hydrogen (secondary N) is 1. The van der Waals surface area contributed by atoms with E-state index in [4.69, 9.17) is 0 Å². The highest BCUT2D eigenvalue weighted by atomic mass is 16.6. The van der Waals surface area contributed by atoms with Crippen molar-refractivity contribution in [3.8, 4) is 0 Å². The third kappa shape index (κ3) is 2.96. The first-order chi connectivity index (χ1) is 10.2. The first kappa shape index (κ1) is 13.8. The minimum atomic E-state index is -0.374. The average Bonchev–Trinajstić information content (AvgIpc) is 3.30. The second kappa shape index (κ2) is 5.68. The van der Waals surface area contributed by atoms with Gasteiger partial charge in [-0.3, -0.25) is 10.1 Å². The SMILES string of the molecule is CCC(CC1CC1)Nc1ccnc2c([N+](=O)[O-])cccc12. The number of nitro benzene ring substituents is 1. The Balaban J connectivity index is 1.94. The molecule has 0 aliphatic heterocycles. The molecule has 1 unspecified atom stereocenters.